The lowest BCUT2D eigenvalue weighted by molar-refractivity contribution is 0.111. The fraction of sp³-hybridized carbons (Fsp3) is 0.438. The van der Waals surface area contributed by atoms with Crippen molar-refractivity contribution in [2.24, 2.45) is 5.92 Å². The minimum absolute atomic E-state index is 0.675. The first-order valence-corrected chi connectivity index (χ1v) is 6.97. The van der Waals surface area contributed by atoms with Gasteiger partial charge in [0.25, 0.3) is 0 Å². The summed E-state index contributed by atoms with van der Waals surface area (Å²) in [6, 6.07) is 10.3. The third kappa shape index (κ3) is 3.24. The van der Waals surface area contributed by atoms with Crippen molar-refractivity contribution in [1.82, 2.24) is 9.78 Å². The first-order valence-electron chi connectivity index (χ1n) is 6.97. The summed E-state index contributed by atoms with van der Waals surface area (Å²) in [6.07, 6.45) is 5.49. The van der Waals surface area contributed by atoms with Crippen LogP contribution in [0.2, 0.25) is 0 Å². The second kappa shape index (κ2) is 5.57. The number of aromatic nitrogens is 2. The Labute approximate surface area is 114 Å². The van der Waals surface area contributed by atoms with Crippen molar-refractivity contribution in [3.05, 3.63) is 53.9 Å². The Morgan fingerprint density at radius 1 is 1.32 bits per heavy atom. The predicted octanol–water partition coefficient (Wildman–Crippen LogP) is 3.22. The highest BCUT2D eigenvalue weighted by Gasteiger charge is 2.34. The van der Waals surface area contributed by atoms with Crippen molar-refractivity contribution in [2.45, 2.75) is 32.4 Å². The Morgan fingerprint density at radius 2 is 2.11 bits per heavy atom. The van der Waals surface area contributed by atoms with Gasteiger partial charge in [-0.25, -0.2) is 0 Å². The van der Waals surface area contributed by atoms with Crippen LogP contribution < -0.4 is 0 Å². The lowest BCUT2D eigenvalue weighted by atomic mass is 10.2. The summed E-state index contributed by atoms with van der Waals surface area (Å²) >= 11 is 0. The molecular weight excluding hydrogens is 236 g/mol. The van der Waals surface area contributed by atoms with Crippen LogP contribution in [0.4, 0.5) is 0 Å². The van der Waals surface area contributed by atoms with Crippen LogP contribution >= 0.6 is 0 Å². The van der Waals surface area contributed by atoms with E-state index in [-0.39, 0.29) is 0 Å². The van der Waals surface area contributed by atoms with E-state index in [1.54, 1.807) is 0 Å². The molecule has 2 aromatic rings. The highest BCUT2D eigenvalue weighted by atomic mass is 16.5. The van der Waals surface area contributed by atoms with Gasteiger partial charge in [0.15, 0.2) is 0 Å². The molecule has 1 aromatic heterocycles. The number of rotatable bonds is 6. The zero-order chi connectivity index (χ0) is 13.1. The van der Waals surface area contributed by atoms with Crippen LogP contribution in [0, 0.1) is 5.92 Å². The van der Waals surface area contributed by atoms with Crippen molar-refractivity contribution in [3.8, 4) is 0 Å². The summed E-state index contributed by atoms with van der Waals surface area (Å²) in [5, 5.41) is 4.39. The second-order valence-corrected chi connectivity index (χ2v) is 5.39. The fourth-order valence-corrected chi connectivity index (χ4v) is 2.40. The number of hydrogen-bond acceptors (Lipinski definition) is 2. The van der Waals surface area contributed by atoms with Crippen LogP contribution in [0.15, 0.2) is 42.7 Å². The second-order valence-electron chi connectivity index (χ2n) is 5.39. The lowest BCUT2D eigenvalue weighted by Crippen LogP contribution is -2.06. The number of nitrogens with zero attached hydrogens (tertiary/aromatic N) is 2. The first-order chi connectivity index (χ1) is 9.33. The van der Waals surface area contributed by atoms with Crippen LogP contribution in [-0.4, -0.2) is 16.4 Å². The SMILES string of the molecule is CC1CC1c1cnn(CCOCc2ccccc2)c1. The van der Waals surface area contributed by atoms with Crippen molar-refractivity contribution < 1.29 is 4.74 Å². The van der Waals surface area contributed by atoms with Gasteiger partial charge in [0.2, 0.25) is 0 Å². The highest BCUT2D eigenvalue weighted by molar-refractivity contribution is 5.19. The Kier molecular flexibility index (Phi) is 3.65. The summed E-state index contributed by atoms with van der Waals surface area (Å²) < 4.78 is 7.66. The van der Waals surface area contributed by atoms with E-state index >= 15 is 0 Å². The van der Waals surface area contributed by atoms with E-state index in [1.165, 1.54) is 17.5 Å². The predicted molar refractivity (Wildman–Crippen MR) is 74.8 cm³/mol. The molecule has 0 aliphatic heterocycles. The quantitative estimate of drug-likeness (QED) is 0.742. The molecular formula is C16H20N2O. The largest absolute Gasteiger partial charge is 0.375 e. The lowest BCUT2D eigenvalue weighted by Gasteiger charge is -2.04. The molecule has 3 rings (SSSR count). The first kappa shape index (κ1) is 12.4. The van der Waals surface area contributed by atoms with Gasteiger partial charge in [-0.05, 0) is 29.4 Å². The van der Waals surface area contributed by atoms with Crippen molar-refractivity contribution in [3.63, 3.8) is 0 Å². The van der Waals surface area contributed by atoms with Gasteiger partial charge in [0.1, 0.15) is 0 Å². The molecule has 2 unspecified atom stereocenters. The maximum Gasteiger partial charge on any atom is 0.0717 e. The molecule has 1 heterocycles. The molecule has 0 N–H and O–H groups in total. The number of benzene rings is 1. The zero-order valence-corrected chi connectivity index (χ0v) is 11.3. The smallest absolute Gasteiger partial charge is 0.0717 e. The van der Waals surface area contributed by atoms with Crippen molar-refractivity contribution in [2.75, 3.05) is 6.61 Å². The third-order valence-electron chi connectivity index (χ3n) is 3.77. The molecule has 1 saturated carbocycles. The summed E-state index contributed by atoms with van der Waals surface area (Å²) in [6.45, 7) is 4.50. The maximum absolute atomic E-state index is 5.67. The molecule has 19 heavy (non-hydrogen) atoms. The topological polar surface area (TPSA) is 27.1 Å². The maximum atomic E-state index is 5.67. The van der Waals surface area contributed by atoms with Crippen LogP contribution in [0.3, 0.4) is 0 Å². The summed E-state index contributed by atoms with van der Waals surface area (Å²) in [5.74, 6) is 1.59. The third-order valence-corrected chi connectivity index (χ3v) is 3.77. The Bertz CT molecular complexity index is 521. The van der Waals surface area contributed by atoms with Crippen molar-refractivity contribution in [1.29, 1.82) is 0 Å². The van der Waals surface area contributed by atoms with Crippen LogP contribution in [0.25, 0.3) is 0 Å². The molecule has 0 amide bonds. The molecule has 0 bridgehead atoms. The minimum atomic E-state index is 0.675. The van der Waals surface area contributed by atoms with Gasteiger partial charge in [0.05, 0.1) is 26.0 Å². The Hall–Kier alpha value is -1.61. The average molecular weight is 256 g/mol. The molecule has 1 fully saturated rings. The van der Waals surface area contributed by atoms with Gasteiger partial charge in [-0.2, -0.15) is 5.10 Å². The molecule has 0 radical (unpaired) electrons. The van der Waals surface area contributed by atoms with Crippen LogP contribution in [0.5, 0.6) is 0 Å². The van der Waals surface area contributed by atoms with Gasteiger partial charge in [0, 0.05) is 6.20 Å². The van der Waals surface area contributed by atoms with Gasteiger partial charge < -0.3 is 4.74 Å². The molecule has 0 saturated heterocycles. The fourth-order valence-electron chi connectivity index (χ4n) is 2.40. The van der Waals surface area contributed by atoms with E-state index in [0.29, 0.717) is 13.2 Å². The molecule has 3 nitrogen and oxygen atoms in total. The van der Waals surface area contributed by atoms with E-state index < -0.39 is 0 Å². The van der Waals surface area contributed by atoms with E-state index in [9.17, 15) is 0 Å². The minimum Gasteiger partial charge on any atom is -0.375 e. The van der Waals surface area contributed by atoms with Crippen LogP contribution in [-0.2, 0) is 17.9 Å². The molecule has 2 atom stereocenters. The van der Waals surface area contributed by atoms with Crippen molar-refractivity contribution >= 4 is 0 Å². The molecule has 0 spiro atoms. The van der Waals surface area contributed by atoms with Gasteiger partial charge in [-0.15, -0.1) is 0 Å². The monoisotopic (exact) mass is 256 g/mol. The highest BCUT2D eigenvalue weighted by Crippen LogP contribution is 2.46. The van der Waals surface area contributed by atoms with Crippen LogP contribution in [0.1, 0.15) is 30.4 Å². The summed E-state index contributed by atoms with van der Waals surface area (Å²) in [7, 11) is 0. The van der Waals surface area contributed by atoms with Gasteiger partial charge in [-0.3, -0.25) is 4.68 Å². The Morgan fingerprint density at radius 3 is 2.84 bits per heavy atom. The van der Waals surface area contributed by atoms with E-state index in [2.05, 4.69) is 30.4 Å². The standard InChI is InChI=1S/C16H20N2O/c1-13-9-16(13)15-10-17-18(11-15)7-8-19-12-14-5-3-2-4-6-14/h2-6,10-11,13,16H,7-9,12H2,1H3. The number of hydrogen-bond donors (Lipinski definition) is 0. The molecule has 1 aromatic carbocycles. The summed E-state index contributed by atoms with van der Waals surface area (Å²) in [4.78, 5) is 0. The summed E-state index contributed by atoms with van der Waals surface area (Å²) in [5.41, 5.74) is 2.60. The van der Waals surface area contributed by atoms with Gasteiger partial charge >= 0.3 is 0 Å². The van der Waals surface area contributed by atoms with E-state index in [4.69, 9.17) is 4.74 Å². The number of ether oxygens (including phenoxy) is 1. The molecule has 100 valence electrons. The zero-order valence-electron chi connectivity index (χ0n) is 11.3. The molecule has 1 aliphatic rings. The molecule has 1 aliphatic carbocycles. The normalized spacial score (nSPS) is 21.5. The average Bonchev–Trinajstić information content (AvgIpc) is 2.99. The molecule has 3 heteroatoms. The Balaban J connectivity index is 1.41. The van der Waals surface area contributed by atoms with Gasteiger partial charge in [-0.1, -0.05) is 37.3 Å². The van der Waals surface area contributed by atoms with E-state index in [0.717, 1.165) is 18.4 Å². The van der Waals surface area contributed by atoms with E-state index in [1.807, 2.05) is 29.1 Å².